The molecule has 104 valence electrons. The van der Waals surface area contributed by atoms with Gasteiger partial charge in [0.05, 0.1) is 6.10 Å². The van der Waals surface area contributed by atoms with Crippen molar-refractivity contribution >= 4 is 23.2 Å². The number of hydrogen-bond donors (Lipinski definition) is 3. The van der Waals surface area contributed by atoms with Gasteiger partial charge in [-0.2, -0.15) is 0 Å². The summed E-state index contributed by atoms with van der Waals surface area (Å²) in [6.07, 6.45) is -1.83. The molecular weight excluding hydrogens is 268 g/mol. The zero-order valence-corrected chi connectivity index (χ0v) is 11.3. The second kappa shape index (κ2) is 7.28. The molecule has 1 rings (SSSR count). The summed E-state index contributed by atoms with van der Waals surface area (Å²) in [6.45, 7) is 1.42. The lowest BCUT2D eigenvalue weighted by Gasteiger charge is -2.20. The van der Waals surface area contributed by atoms with Crippen LogP contribution in [-0.2, 0) is 4.79 Å². The molecule has 2 unspecified atom stereocenters. The van der Waals surface area contributed by atoms with Gasteiger partial charge >= 0.3 is 0 Å². The van der Waals surface area contributed by atoms with Crippen LogP contribution in [0.3, 0.4) is 0 Å². The zero-order chi connectivity index (χ0) is 14.4. The molecule has 2 atom stereocenters. The summed E-state index contributed by atoms with van der Waals surface area (Å²) in [5.74, 6) is 0.118. The SMILES string of the molecule is CC(=O)SCCC(O)C(O)c1c(O)cccc1C=O. The Hall–Kier alpha value is -1.37. The molecule has 0 heterocycles. The van der Waals surface area contributed by atoms with E-state index in [-0.39, 0.29) is 28.4 Å². The van der Waals surface area contributed by atoms with E-state index in [4.69, 9.17) is 0 Å². The van der Waals surface area contributed by atoms with Crippen molar-refractivity contribution in [2.24, 2.45) is 0 Å². The van der Waals surface area contributed by atoms with Crippen LogP contribution in [0.2, 0.25) is 0 Å². The van der Waals surface area contributed by atoms with Crippen LogP contribution in [0.15, 0.2) is 18.2 Å². The molecular formula is C13H16O5S. The van der Waals surface area contributed by atoms with E-state index in [0.29, 0.717) is 12.0 Å². The average molecular weight is 284 g/mol. The molecule has 0 aliphatic carbocycles. The van der Waals surface area contributed by atoms with Crippen molar-refractivity contribution < 1.29 is 24.9 Å². The Bertz CT molecular complexity index is 460. The van der Waals surface area contributed by atoms with Gasteiger partial charge in [0, 0.05) is 23.8 Å². The van der Waals surface area contributed by atoms with Crippen molar-refractivity contribution in [1.29, 1.82) is 0 Å². The highest BCUT2D eigenvalue weighted by molar-refractivity contribution is 8.13. The second-order valence-corrected chi connectivity index (χ2v) is 5.31. The van der Waals surface area contributed by atoms with E-state index in [1.807, 2.05) is 0 Å². The first-order chi connectivity index (χ1) is 8.97. The van der Waals surface area contributed by atoms with Crippen molar-refractivity contribution in [2.75, 3.05) is 5.75 Å². The fourth-order valence-electron chi connectivity index (χ4n) is 1.67. The van der Waals surface area contributed by atoms with Crippen molar-refractivity contribution in [3.63, 3.8) is 0 Å². The fraction of sp³-hybridized carbons (Fsp3) is 0.385. The molecule has 0 saturated carbocycles. The molecule has 6 heteroatoms. The molecule has 0 bridgehead atoms. The summed E-state index contributed by atoms with van der Waals surface area (Å²) in [6, 6.07) is 4.26. The predicted molar refractivity (Wildman–Crippen MR) is 72.2 cm³/mol. The molecule has 1 aromatic carbocycles. The topological polar surface area (TPSA) is 94.8 Å². The van der Waals surface area contributed by atoms with E-state index >= 15 is 0 Å². The highest BCUT2D eigenvalue weighted by Gasteiger charge is 2.23. The summed E-state index contributed by atoms with van der Waals surface area (Å²) >= 11 is 1.04. The minimum Gasteiger partial charge on any atom is -0.508 e. The Morgan fingerprint density at radius 1 is 1.42 bits per heavy atom. The van der Waals surface area contributed by atoms with Crippen molar-refractivity contribution in [2.45, 2.75) is 25.6 Å². The number of carbonyl (C=O) groups is 2. The van der Waals surface area contributed by atoms with Gasteiger partial charge in [0.2, 0.25) is 0 Å². The van der Waals surface area contributed by atoms with E-state index in [1.54, 1.807) is 0 Å². The summed E-state index contributed by atoms with van der Waals surface area (Å²) in [7, 11) is 0. The lowest BCUT2D eigenvalue weighted by molar-refractivity contribution is -0.109. The third-order valence-electron chi connectivity index (χ3n) is 2.62. The number of aromatic hydroxyl groups is 1. The number of hydrogen-bond acceptors (Lipinski definition) is 6. The maximum Gasteiger partial charge on any atom is 0.185 e. The maximum absolute atomic E-state index is 10.9. The molecule has 3 N–H and O–H groups in total. The van der Waals surface area contributed by atoms with Gasteiger partial charge in [0.25, 0.3) is 0 Å². The molecule has 0 spiro atoms. The highest BCUT2D eigenvalue weighted by Crippen LogP contribution is 2.30. The Balaban J connectivity index is 2.79. The summed E-state index contributed by atoms with van der Waals surface area (Å²) in [5.41, 5.74) is 0.142. The average Bonchev–Trinajstić information content (AvgIpc) is 2.37. The van der Waals surface area contributed by atoms with Gasteiger partial charge < -0.3 is 15.3 Å². The Morgan fingerprint density at radius 2 is 2.11 bits per heavy atom. The molecule has 0 radical (unpaired) electrons. The third kappa shape index (κ3) is 4.34. The van der Waals surface area contributed by atoms with Crippen LogP contribution in [0.4, 0.5) is 0 Å². The molecule has 1 aromatic rings. The molecule has 5 nitrogen and oxygen atoms in total. The highest BCUT2D eigenvalue weighted by atomic mass is 32.2. The Morgan fingerprint density at radius 3 is 2.68 bits per heavy atom. The van der Waals surface area contributed by atoms with Gasteiger partial charge in [0.15, 0.2) is 11.4 Å². The van der Waals surface area contributed by atoms with Gasteiger partial charge in [-0.25, -0.2) is 0 Å². The third-order valence-corrected chi connectivity index (χ3v) is 3.47. The largest absolute Gasteiger partial charge is 0.508 e. The zero-order valence-electron chi connectivity index (χ0n) is 10.4. The van der Waals surface area contributed by atoms with Crippen LogP contribution >= 0.6 is 11.8 Å². The van der Waals surface area contributed by atoms with Gasteiger partial charge in [-0.1, -0.05) is 23.9 Å². The van der Waals surface area contributed by atoms with Crippen molar-refractivity contribution in [1.82, 2.24) is 0 Å². The number of aldehydes is 1. The standard InChI is InChI=1S/C13H16O5S/c1-8(15)19-6-5-11(17)13(18)12-9(7-14)3-2-4-10(12)16/h2-4,7,11,13,16-18H,5-6H2,1H3. The molecule has 0 amide bonds. The minimum atomic E-state index is -1.37. The van der Waals surface area contributed by atoms with E-state index < -0.39 is 12.2 Å². The first-order valence-corrected chi connectivity index (χ1v) is 6.72. The van der Waals surface area contributed by atoms with Crippen molar-refractivity contribution in [3.8, 4) is 5.75 Å². The molecule has 19 heavy (non-hydrogen) atoms. The lowest BCUT2D eigenvalue weighted by atomic mass is 9.97. The van der Waals surface area contributed by atoms with Gasteiger partial charge in [-0.15, -0.1) is 0 Å². The van der Waals surface area contributed by atoms with Crippen LogP contribution in [0.5, 0.6) is 5.75 Å². The number of aliphatic hydroxyl groups excluding tert-OH is 2. The first-order valence-electron chi connectivity index (χ1n) is 5.74. The molecule has 0 aliphatic rings. The number of thioether (sulfide) groups is 1. The predicted octanol–water partition coefficient (Wildman–Crippen LogP) is 1.27. The van der Waals surface area contributed by atoms with Gasteiger partial charge in [-0.3, -0.25) is 9.59 Å². The number of carbonyl (C=O) groups excluding carboxylic acids is 2. The number of phenolic OH excluding ortho intramolecular Hbond substituents is 1. The van der Waals surface area contributed by atoms with Crippen LogP contribution in [0.25, 0.3) is 0 Å². The van der Waals surface area contributed by atoms with Crippen LogP contribution in [0.1, 0.15) is 35.4 Å². The van der Waals surface area contributed by atoms with E-state index in [2.05, 4.69) is 0 Å². The fourth-order valence-corrected chi connectivity index (χ4v) is 2.32. The van der Waals surface area contributed by atoms with E-state index in [1.165, 1.54) is 25.1 Å². The Labute approximate surface area is 115 Å². The number of phenols is 1. The van der Waals surface area contributed by atoms with Gasteiger partial charge in [-0.05, 0) is 12.5 Å². The number of benzene rings is 1. The number of rotatable bonds is 6. The molecule has 0 saturated heterocycles. The summed E-state index contributed by atoms with van der Waals surface area (Å²) in [5, 5.41) is 29.4. The molecule has 0 fully saturated rings. The van der Waals surface area contributed by atoms with Gasteiger partial charge in [0.1, 0.15) is 11.9 Å². The minimum absolute atomic E-state index is 0.0119. The smallest absolute Gasteiger partial charge is 0.185 e. The molecule has 0 aromatic heterocycles. The molecule has 0 aliphatic heterocycles. The van der Waals surface area contributed by atoms with Crippen molar-refractivity contribution in [3.05, 3.63) is 29.3 Å². The quantitative estimate of drug-likeness (QED) is 0.681. The second-order valence-electron chi connectivity index (χ2n) is 4.04. The summed E-state index contributed by atoms with van der Waals surface area (Å²) in [4.78, 5) is 21.6. The summed E-state index contributed by atoms with van der Waals surface area (Å²) < 4.78 is 0. The monoisotopic (exact) mass is 284 g/mol. The van der Waals surface area contributed by atoms with E-state index in [9.17, 15) is 24.9 Å². The van der Waals surface area contributed by atoms with Crippen LogP contribution < -0.4 is 0 Å². The van der Waals surface area contributed by atoms with Crippen LogP contribution in [-0.4, -0.2) is 38.6 Å². The first kappa shape index (κ1) is 15.7. The maximum atomic E-state index is 10.9. The lowest BCUT2D eigenvalue weighted by Crippen LogP contribution is -2.20. The van der Waals surface area contributed by atoms with E-state index in [0.717, 1.165) is 11.8 Å². The normalized spacial score (nSPS) is 13.8. The van der Waals surface area contributed by atoms with Crippen LogP contribution in [0, 0.1) is 0 Å². The number of aliphatic hydroxyl groups is 2. The Kier molecular flexibility index (Phi) is 6.01.